The van der Waals surface area contributed by atoms with Crippen molar-refractivity contribution in [3.8, 4) is 11.5 Å². The quantitative estimate of drug-likeness (QED) is 0.406. The highest BCUT2D eigenvalue weighted by molar-refractivity contribution is 5.94. The number of hydrogen-bond donors (Lipinski definition) is 3. The highest BCUT2D eigenvalue weighted by Gasteiger charge is 2.22. The molecule has 0 fully saturated rings. The molecule has 3 rings (SSSR count). The van der Waals surface area contributed by atoms with E-state index in [2.05, 4.69) is 46.8 Å². The monoisotopic (exact) mass is 464 g/mol. The number of hydrogen-bond acceptors (Lipinski definition) is 6. The van der Waals surface area contributed by atoms with Crippen LogP contribution in [0, 0.1) is 5.92 Å². The Kier molecular flexibility index (Phi) is 7.71. The molecule has 3 aromatic rings. The second-order valence-corrected chi connectivity index (χ2v) is 9.63. The Morgan fingerprint density at radius 2 is 1.65 bits per heavy atom. The number of amides is 1. The minimum Gasteiger partial charge on any atom is -0.481 e. The summed E-state index contributed by atoms with van der Waals surface area (Å²) in [6.07, 6.45) is -0.107. The summed E-state index contributed by atoms with van der Waals surface area (Å²) >= 11 is 0. The molecule has 1 heterocycles. The second kappa shape index (κ2) is 10.5. The van der Waals surface area contributed by atoms with Gasteiger partial charge in [0.1, 0.15) is 0 Å². The molecule has 8 heteroatoms. The molecule has 8 nitrogen and oxygen atoms in total. The minimum atomic E-state index is -0.945. The summed E-state index contributed by atoms with van der Waals surface area (Å²) < 4.78 is 5.84. The first-order valence-electron chi connectivity index (χ1n) is 11.4. The number of aliphatic carboxylic acids is 1. The van der Waals surface area contributed by atoms with Crippen LogP contribution in [0.1, 0.15) is 68.9 Å². The molecular weight excluding hydrogens is 432 g/mol. The molecule has 1 atom stereocenters. The second-order valence-electron chi connectivity index (χ2n) is 9.63. The van der Waals surface area contributed by atoms with Gasteiger partial charge >= 0.3 is 5.97 Å². The largest absolute Gasteiger partial charge is 0.481 e. The summed E-state index contributed by atoms with van der Waals surface area (Å²) in [6.45, 7) is 10.5. The Morgan fingerprint density at radius 1 is 1.00 bits per heavy atom. The van der Waals surface area contributed by atoms with Crippen LogP contribution in [0.2, 0.25) is 0 Å². The van der Waals surface area contributed by atoms with Crippen molar-refractivity contribution in [2.75, 3.05) is 11.9 Å². The number of nitrogens with one attached hydrogen (secondary N) is 2. The number of carbonyl (C=O) groups excluding carboxylic acids is 1. The lowest BCUT2D eigenvalue weighted by Crippen LogP contribution is -2.26. The summed E-state index contributed by atoms with van der Waals surface area (Å²) in [7, 11) is 0. The molecule has 2 aromatic carbocycles. The van der Waals surface area contributed by atoms with Gasteiger partial charge in [-0.3, -0.25) is 9.59 Å². The predicted octanol–water partition coefficient (Wildman–Crippen LogP) is 5.05. The minimum absolute atomic E-state index is 0.0529. The molecule has 0 radical (unpaired) electrons. The lowest BCUT2D eigenvalue weighted by Gasteiger charge is -2.24. The van der Waals surface area contributed by atoms with E-state index in [1.807, 2.05) is 45.0 Å². The van der Waals surface area contributed by atoms with E-state index in [1.165, 1.54) is 0 Å². The van der Waals surface area contributed by atoms with Crippen molar-refractivity contribution in [3.63, 3.8) is 0 Å². The molecular formula is C26H32N4O4. The molecule has 1 aromatic heterocycles. The van der Waals surface area contributed by atoms with Crippen molar-refractivity contribution >= 4 is 17.6 Å². The number of rotatable bonds is 9. The van der Waals surface area contributed by atoms with Gasteiger partial charge in [-0.2, -0.15) is 0 Å². The molecule has 0 bridgehead atoms. The number of carboxylic acids is 1. The zero-order valence-electron chi connectivity index (χ0n) is 20.3. The Labute approximate surface area is 199 Å². The van der Waals surface area contributed by atoms with Crippen molar-refractivity contribution in [3.05, 3.63) is 65.5 Å². The van der Waals surface area contributed by atoms with Gasteiger partial charge in [0.2, 0.25) is 11.8 Å². The van der Waals surface area contributed by atoms with E-state index in [1.54, 1.807) is 12.1 Å². The normalized spacial score (nSPS) is 12.4. The average Bonchev–Trinajstić information content (AvgIpc) is 3.28. The van der Waals surface area contributed by atoms with Crippen LogP contribution in [-0.2, 0) is 10.2 Å². The van der Waals surface area contributed by atoms with Crippen molar-refractivity contribution in [2.45, 2.75) is 52.5 Å². The fourth-order valence-corrected chi connectivity index (χ4v) is 3.39. The van der Waals surface area contributed by atoms with Gasteiger partial charge in [-0.25, -0.2) is 0 Å². The molecule has 0 aliphatic heterocycles. The fourth-order valence-electron chi connectivity index (χ4n) is 3.39. The fraction of sp³-hybridized carbons (Fsp3) is 0.385. The van der Waals surface area contributed by atoms with Crippen LogP contribution in [0.15, 0.2) is 52.9 Å². The summed E-state index contributed by atoms with van der Waals surface area (Å²) in [4.78, 5) is 22.7. The van der Waals surface area contributed by atoms with Crippen LogP contribution in [0.4, 0.5) is 5.69 Å². The maximum absolute atomic E-state index is 12.2. The van der Waals surface area contributed by atoms with E-state index in [0.717, 1.165) is 16.8 Å². The van der Waals surface area contributed by atoms with E-state index < -0.39 is 5.97 Å². The van der Waals surface area contributed by atoms with Gasteiger partial charge in [-0.05, 0) is 47.9 Å². The SMILES string of the molecule is CC(C)C(Nc1ccc(C(=O)NCCC(=O)O)cc1)c1ccc(-c2nnc(C(C)(C)C)o2)cc1. The summed E-state index contributed by atoms with van der Waals surface area (Å²) in [6, 6.07) is 15.3. The third kappa shape index (κ3) is 6.43. The predicted molar refractivity (Wildman–Crippen MR) is 131 cm³/mol. The highest BCUT2D eigenvalue weighted by atomic mass is 16.4. The standard InChI is InChI=1S/C26H32N4O4/c1-16(2)22(28-20-12-10-18(11-13-20)23(33)27-15-14-21(31)32)17-6-8-19(9-7-17)24-29-30-25(34-24)26(3,4)5/h6-13,16,22,28H,14-15H2,1-5H3,(H,27,33)(H,31,32). The number of benzene rings is 2. The summed E-state index contributed by atoms with van der Waals surface area (Å²) in [5.74, 6) is 0.176. The number of carboxylic acid groups (broad SMARTS) is 1. The first kappa shape index (κ1) is 25.0. The van der Waals surface area contributed by atoms with Crippen molar-refractivity contribution < 1.29 is 19.1 Å². The van der Waals surface area contributed by atoms with Crippen LogP contribution in [-0.4, -0.2) is 33.7 Å². The Balaban J connectivity index is 1.69. The molecule has 3 N–H and O–H groups in total. The molecule has 0 spiro atoms. The Bertz CT molecular complexity index is 1110. The molecule has 1 unspecified atom stereocenters. The highest BCUT2D eigenvalue weighted by Crippen LogP contribution is 2.30. The van der Waals surface area contributed by atoms with Crippen molar-refractivity contribution in [2.24, 2.45) is 5.92 Å². The van der Waals surface area contributed by atoms with Gasteiger partial charge in [-0.1, -0.05) is 46.8 Å². The zero-order valence-corrected chi connectivity index (χ0v) is 20.3. The Morgan fingerprint density at radius 3 is 2.18 bits per heavy atom. The first-order valence-corrected chi connectivity index (χ1v) is 11.4. The number of aromatic nitrogens is 2. The molecule has 0 aliphatic rings. The smallest absolute Gasteiger partial charge is 0.305 e. The van der Waals surface area contributed by atoms with Crippen LogP contribution in [0.5, 0.6) is 0 Å². The maximum atomic E-state index is 12.2. The molecule has 1 amide bonds. The van der Waals surface area contributed by atoms with Crippen LogP contribution in [0.25, 0.3) is 11.5 Å². The molecule has 0 saturated heterocycles. The number of carbonyl (C=O) groups is 2. The molecule has 0 saturated carbocycles. The molecule has 34 heavy (non-hydrogen) atoms. The van der Waals surface area contributed by atoms with Gasteiger partial charge < -0.3 is 20.2 Å². The number of nitrogens with zero attached hydrogens (tertiary/aromatic N) is 2. The molecule has 180 valence electrons. The van der Waals surface area contributed by atoms with Gasteiger partial charge in [0, 0.05) is 28.8 Å². The van der Waals surface area contributed by atoms with E-state index in [-0.39, 0.29) is 30.3 Å². The van der Waals surface area contributed by atoms with E-state index in [9.17, 15) is 9.59 Å². The van der Waals surface area contributed by atoms with Crippen LogP contribution in [0.3, 0.4) is 0 Å². The lowest BCUT2D eigenvalue weighted by molar-refractivity contribution is -0.136. The van der Waals surface area contributed by atoms with Crippen LogP contribution >= 0.6 is 0 Å². The van der Waals surface area contributed by atoms with Gasteiger partial charge in [0.25, 0.3) is 5.91 Å². The third-order valence-corrected chi connectivity index (χ3v) is 5.34. The Hall–Kier alpha value is -3.68. The molecule has 0 aliphatic carbocycles. The van der Waals surface area contributed by atoms with E-state index in [0.29, 0.717) is 23.3 Å². The van der Waals surface area contributed by atoms with Crippen LogP contribution < -0.4 is 10.6 Å². The summed E-state index contributed by atoms with van der Waals surface area (Å²) in [5.41, 5.74) is 3.15. The van der Waals surface area contributed by atoms with Gasteiger partial charge in [0.15, 0.2) is 0 Å². The average molecular weight is 465 g/mol. The van der Waals surface area contributed by atoms with Gasteiger partial charge in [0.05, 0.1) is 12.5 Å². The first-order chi connectivity index (χ1) is 16.0. The topological polar surface area (TPSA) is 117 Å². The van der Waals surface area contributed by atoms with E-state index in [4.69, 9.17) is 9.52 Å². The van der Waals surface area contributed by atoms with Crippen molar-refractivity contribution in [1.29, 1.82) is 0 Å². The third-order valence-electron chi connectivity index (χ3n) is 5.34. The zero-order chi connectivity index (χ0) is 24.9. The van der Waals surface area contributed by atoms with E-state index >= 15 is 0 Å². The van der Waals surface area contributed by atoms with Crippen molar-refractivity contribution in [1.82, 2.24) is 15.5 Å². The number of anilines is 1. The van der Waals surface area contributed by atoms with Gasteiger partial charge in [-0.15, -0.1) is 10.2 Å². The lowest BCUT2D eigenvalue weighted by atomic mass is 9.94. The maximum Gasteiger partial charge on any atom is 0.305 e. The summed E-state index contributed by atoms with van der Waals surface area (Å²) in [5, 5.41) is 23.2.